The molecule has 1 unspecified atom stereocenters. The van der Waals surface area contributed by atoms with Crippen molar-refractivity contribution >= 4 is 11.8 Å². The van der Waals surface area contributed by atoms with Crippen molar-refractivity contribution in [1.29, 1.82) is 0 Å². The van der Waals surface area contributed by atoms with Gasteiger partial charge in [0, 0.05) is 26.3 Å². The molecule has 1 rings (SSSR count). The van der Waals surface area contributed by atoms with Crippen molar-refractivity contribution in [2.24, 2.45) is 5.92 Å². The number of rotatable bonds is 5. The van der Waals surface area contributed by atoms with Gasteiger partial charge in [-0.3, -0.25) is 0 Å². The smallest absolute Gasteiger partial charge is 0.224 e. The number of hydrogen-bond acceptors (Lipinski definition) is 4. The fourth-order valence-electron chi connectivity index (χ4n) is 1.73. The van der Waals surface area contributed by atoms with Crippen molar-refractivity contribution in [3.8, 4) is 0 Å². The molecule has 0 aliphatic carbocycles. The molecule has 0 aliphatic rings. The molecular weight excluding hydrogens is 200 g/mol. The van der Waals surface area contributed by atoms with E-state index in [1.165, 1.54) is 0 Å². The topological polar surface area (TPSA) is 41.1 Å². The van der Waals surface area contributed by atoms with Gasteiger partial charge in [-0.15, -0.1) is 0 Å². The summed E-state index contributed by atoms with van der Waals surface area (Å²) in [6.07, 6.45) is 2.95. The quantitative estimate of drug-likeness (QED) is 0.830. The Morgan fingerprint density at radius 1 is 1.38 bits per heavy atom. The molecule has 4 heteroatoms. The third-order valence-electron chi connectivity index (χ3n) is 2.70. The van der Waals surface area contributed by atoms with Gasteiger partial charge in [0.05, 0.1) is 0 Å². The molecular formula is C12H22N4. The summed E-state index contributed by atoms with van der Waals surface area (Å²) in [6.45, 7) is 6.70. The minimum absolute atomic E-state index is 0.486. The van der Waals surface area contributed by atoms with Gasteiger partial charge in [0.1, 0.15) is 5.82 Å². The van der Waals surface area contributed by atoms with Crippen LogP contribution in [0.4, 0.5) is 11.8 Å². The number of nitrogens with zero attached hydrogens (tertiary/aromatic N) is 3. The number of aromatic nitrogens is 2. The Bertz CT molecular complexity index is 325. The molecule has 1 N–H and O–H groups in total. The van der Waals surface area contributed by atoms with Gasteiger partial charge < -0.3 is 10.2 Å². The summed E-state index contributed by atoms with van der Waals surface area (Å²) in [5.41, 5.74) is 0. The van der Waals surface area contributed by atoms with E-state index in [2.05, 4.69) is 48.0 Å². The highest BCUT2D eigenvalue weighted by atomic mass is 15.2. The van der Waals surface area contributed by atoms with Crippen LogP contribution in [0.5, 0.6) is 0 Å². The average Bonchev–Trinajstić information content (AvgIpc) is 2.27. The van der Waals surface area contributed by atoms with Gasteiger partial charge in [-0.1, -0.05) is 13.8 Å². The maximum absolute atomic E-state index is 4.42. The highest BCUT2D eigenvalue weighted by molar-refractivity contribution is 5.42. The second-order valence-electron chi connectivity index (χ2n) is 4.58. The first-order valence-electron chi connectivity index (χ1n) is 5.78. The average molecular weight is 222 g/mol. The summed E-state index contributed by atoms with van der Waals surface area (Å²) in [4.78, 5) is 10.7. The maximum Gasteiger partial charge on any atom is 0.224 e. The largest absolute Gasteiger partial charge is 0.357 e. The lowest BCUT2D eigenvalue weighted by molar-refractivity contribution is 0.502. The SMILES string of the molecule is CNc1nccc(N(C)C(C)CC(C)C)n1. The lowest BCUT2D eigenvalue weighted by atomic mass is 10.0. The number of nitrogens with one attached hydrogen (secondary N) is 1. The first-order chi connectivity index (χ1) is 7.54. The van der Waals surface area contributed by atoms with Gasteiger partial charge in [0.2, 0.25) is 5.95 Å². The van der Waals surface area contributed by atoms with Crippen LogP contribution < -0.4 is 10.2 Å². The zero-order valence-corrected chi connectivity index (χ0v) is 10.9. The Morgan fingerprint density at radius 3 is 2.62 bits per heavy atom. The van der Waals surface area contributed by atoms with E-state index in [0.717, 1.165) is 12.2 Å². The van der Waals surface area contributed by atoms with E-state index in [-0.39, 0.29) is 0 Å². The van der Waals surface area contributed by atoms with E-state index >= 15 is 0 Å². The van der Waals surface area contributed by atoms with E-state index in [1.807, 2.05) is 13.1 Å². The predicted octanol–water partition coefficient (Wildman–Crippen LogP) is 2.39. The standard InChI is InChI=1S/C12H22N4/c1-9(2)8-10(3)16(5)11-6-7-14-12(13-4)15-11/h6-7,9-10H,8H2,1-5H3,(H,13,14,15). The first-order valence-corrected chi connectivity index (χ1v) is 5.78. The summed E-state index contributed by atoms with van der Waals surface area (Å²) in [5.74, 6) is 2.33. The Kier molecular flexibility index (Phi) is 4.52. The number of anilines is 2. The van der Waals surface area contributed by atoms with Crippen LogP contribution in [0.15, 0.2) is 12.3 Å². The Balaban J connectivity index is 2.74. The van der Waals surface area contributed by atoms with E-state index in [1.54, 1.807) is 6.20 Å². The Hall–Kier alpha value is -1.32. The molecule has 1 atom stereocenters. The van der Waals surface area contributed by atoms with Crippen LogP contribution in [0.25, 0.3) is 0 Å². The van der Waals surface area contributed by atoms with Crippen molar-refractivity contribution in [3.63, 3.8) is 0 Å². The molecule has 0 aliphatic heterocycles. The van der Waals surface area contributed by atoms with Gasteiger partial charge in [0.25, 0.3) is 0 Å². The Labute approximate surface area is 98.1 Å². The van der Waals surface area contributed by atoms with Gasteiger partial charge in [-0.2, -0.15) is 4.98 Å². The molecule has 0 saturated carbocycles. The van der Waals surface area contributed by atoms with Crippen LogP contribution in [0.1, 0.15) is 27.2 Å². The zero-order chi connectivity index (χ0) is 12.1. The summed E-state index contributed by atoms with van der Waals surface area (Å²) >= 11 is 0. The van der Waals surface area contributed by atoms with E-state index in [9.17, 15) is 0 Å². The second kappa shape index (κ2) is 5.68. The van der Waals surface area contributed by atoms with Crippen LogP contribution in [-0.2, 0) is 0 Å². The van der Waals surface area contributed by atoms with Crippen molar-refractivity contribution in [1.82, 2.24) is 9.97 Å². The second-order valence-corrected chi connectivity index (χ2v) is 4.58. The third-order valence-corrected chi connectivity index (χ3v) is 2.70. The van der Waals surface area contributed by atoms with E-state index in [4.69, 9.17) is 0 Å². The molecule has 0 aromatic carbocycles. The van der Waals surface area contributed by atoms with Gasteiger partial charge >= 0.3 is 0 Å². The molecule has 0 radical (unpaired) electrons. The molecule has 1 heterocycles. The monoisotopic (exact) mass is 222 g/mol. The van der Waals surface area contributed by atoms with Gasteiger partial charge in [-0.25, -0.2) is 4.98 Å². The highest BCUT2D eigenvalue weighted by Crippen LogP contribution is 2.17. The minimum Gasteiger partial charge on any atom is -0.357 e. The highest BCUT2D eigenvalue weighted by Gasteiger charge is 2.13. The summed E-state index contributed by atoms with van der Waals surface area (Å²) in [6, 6.07) is 2.43. The summed E-state index contributed by atoms with van der Waals surface area (Å²) in [5, 5.41) is 2.95. The van der Waals surface area contributed by atoms with Crippen LogP contribution >= 0.6 is 0 Å². The molecule has 1 aromatic heterocycles. The van der Waals surface area contributed by atoms with Crippen molar-refractivity contribution in [2.45, 2.75) is 33.2 Å². The third kappa shape index (κ3) is 3.36. The van der Waals surface area contributed by atoms with Crippen LogP contribution in [0.3, 0.4) is 0 Å². The predicted molar refractivity (Wildman–Crippen MR) is 68.9 cm³/mol. The van der Waals surface area contributed by atoms with Crippen LogP contribution in [-0.4, -0.2) is 30.1 Å². The van der Waals surface area contributed by atoms with Crippen LogP contribution in [0.2, 0.25) is 0 Å². The molecule has 16 heavy (non-hydrogen) atoms. The molecule has 90 valence electrons. The maximum atomic E-state index is 4.42. The molecule has 4 nitrogen and oxygen atoms in total. The molecule has 1 aromatic rings. The van der Waals surface area contributed by atoms with E-state index < -0.39 is 0 Å². The van der Waals surface area contributed by atoms with E-state index in [0.29, 0.717) is 17.9 Å². The van der Waals surface area contributed by atoms with Crippen molar-refractivity contribution in [2.75, 3.05) is 24.3 Å². The van der Waals surface area contributed by atoms with Crippen molar-refractivity contribution < 1.29 is 0 Å². The summed E-state index contributed by atoms with van der Waals surface area (Å²) < 4.78 is 0. The molecule has 0 amide bonds. The van der Waals surface area contributed by atoms with Gasteiger partial charge in [0.15, 0.2) is 0 Å². The molecule has 0 saturated heterocycles. The molecule has 0 fully saturated rings. The molecule has 0 bridgehead atoms. The fourth-order valence-corrected chi connectivity index (χ4v) is 1.73. The fraction of sp³-hybridized carbons (Fsp3) is 0.667. The Morgan fingerprint density at radius 2 is 2.06 bits per heavy atom. The van der Waals surface area contributed by atoms with Crippen LogP contribution in [0, 0.1) is 5.92 Å². The molecule has 0 spiro atoms. The zero-order valence-electron chi connectivity index (χ0n) is 10.9. The normalized spacial score (nSPS) is 12.6. The first kappa shape index (κ1) is 12.7. The van der Waals surface area contributed by atoms with Crippen molar-refractivity contribution in [3.05, 3.63) is 12.3 Å². The minimum atomic E-state index is 0.486. The van der Waals surface area contributed by atoms with Gasteiger partial charge in [-0.05, 0) is 25.3 Å². The summed E-state index contributed by atoms with van der Waals surface area (Å²) in [7, 11) is 3.91. The lowest BCUT2D eigenvalue weighted by Crippen LogP contribution is -2.30. The number of hydrogen-bond donors (Lipinski definition) is 1. The lowest BCUT2D eigenvalue weighted by Gasteiger charge is -2.27.